The number of hydrogen-bond acceptors (Lipinski definition) is 5. The molecule has 5 rings (SSSR count). The Morgan fingerprint density at radius 3 is 3.07 bits per heavy atom. The summed E-state index contributed by atoms with van der Waals surface area (Å²) < 4.78 is 6.53. The molecule has 3 fully saturated rings. The fourth-order valence-electron chi connectivity index (χ4n) is 5.50. The van der Waals surface area contributed by atoms with Crippen molar-refractivity contribution in [2.45, 2.75) is 38.4 Å². The monoisotopic (exact) mass is 378 g/mol. The van der Waals surface area contributed by atoms with E-state index in [0.717, 1.165) is 31.6 Å². The van der Waals surface area contributed by atoms with Gasteiger partial charge in [0.25, 0.3) is 5.91 Å². The van der Waals surface area contributed by atoms with Crippen LogP contribution in [-0.2, 0) is 4.74 Å². The maximum absolute atomic E-state index is 12.6. The van der Waals surface area contributed by atoms with E-state index in [-0.39, 0.29) is 17.6 Å². The molecule has 6 nitrogen and oxygen atoms in total. The van der Waals surface area contributed by atoms with Gasteiger partial charge in [0.05, 0.1) is 17.3 Å². The van der Waals surface area contributed by atoms with E-state index in [1.165, 1.54) is 11.3 Å². The Morgan fingerprint density at radius 2 is 2.25 bits per heavy atom. The second-order valence-electron chi connectivity index (χ2n) is 8.42. The van der Waals surface area contributed by atoms with E-state index in [0.29, 0.717) is 23.9 Å². The molecule has 0 unspecified atom stereocenters. The van der Waals surface area contributed by atoms with Gasteiger partial charge in [-0.2, -0.15) is 0 Å². The summed E-state index contributed by atoms with van der Waals surface area (Å²) in [5, 5.41) is 3.15. The van der Waals surface area contributed by atoms with E-state index >= 15 is 0 Å². The summed E-state index contributed by atoms with van der Waals surface area (Å²) in [4.78, 5) is 23.5. The molecule has 2 aromatic heterocycles. The van der Waals surface area contributed by atoms with E-state index in [9.17, 15) is 4.79 Å². The third-order valence-corrected chi connectivity index (χ3v) is 6.87. The lowest BCUT2D eigenvalue weighted by atomic mass is 9.73. The predicted molar refractivity (Wildman–Crippen MR) is 106 cm³/mol. The number of anilines is 1. The van der Waals surface area contributed by atoms with E-state index in [1.54, 1.807) is 6.20 Å². The molecule has 6 heteroatoms. The highest BCUT2D eigenvalue weighted by Gasteiger charge is 2.63. The van der Waals surface area contributed by atoms with Crippen LogP contribution in [0.3, 0.4) is 0 Å². The summed E-state index contributed by atoms with van der Waals surface area (Å²) in [5.74, 6) is 0.776. The number of carbonyl (C=O) groups excluding carboxylic acids is 1. The molecule has 0 aliphatic carbocycles. The van der Waals surface area contributed by atoms with E-state index in [4.69, 9.17) is 4.74 Å². The van der Waals surface area contributed by atoms with Crippen molar-refractivity contribution in [1.29, 1.82) is 0 Å². The molecule has 0 radical (unpaired) electrons. The molecule has 1 spiro atoms. The number of pyridine rings is 2. The number of hydrogen-bond donors (Lipinski definition) is 1. The molecular weight excluding hydrogens is 352 g/mol. The number of rotatable bonds is 4. The van der Waals surface area contributed by atoms with Gasteiger partial charge in [0.15, 0.2) is 0 Å². The summed E-state index contributed by atoms with van der Waals surface area (Å²) >= 11 is 0. The van der Waals surface area contributed by atoms with Crippen LogP contribution in [0.25, 0.3) is 0 Å². The quantitative estimate of drug-likeness (QED) is 0.885. The molecule has 3 aliphatic rings. The van der Waals surface area contributed by atoms with Gasteiger partial charge in [0, 0.05) is 61.4 Å². The van der Waals surface area contributed by atoms with Crippen molar-refractivity contribution in [3.8, 4) is 0 Å². The molecule has 5 heterocycles. The van der Waals surface area contributed by atoms with Gasteiger partial charge in [0.2, 0.25) is 0 Å². The number of amides is 1. The number of carbonyl (C=O) groups is 1. The van der Waals surface area contributed by atoms with Crippen LogP contribution in [0.1, 0.15) is 34.5 Å². The topological polar surface area (TPSA) is 67.4 Å². The first-order valence-corrected chi connectivity index (χ1v) is 10.1. The zero-order valence-corrected chi connectivity index (χ0v) is 16.4. The van der Waals surface area contributed by atoms with Crippen molar-refractivity contribution < 1.29 is 9.53 Å². The predicted octanol–water partition coefficient (Wildman–Crippen LogP) is 2.51. The van der Waals surface area contributed by atoms with Gasteiger partial charge in [-0.05, 0) is 50.5 Å². The maximum atomic E-state index is 12.6. The highest BCUT2D eigenvalue weighted by atomic mass is 16.5. The molecule has 4 atom stereocenters. The smallest absolute Gasteiger partial charge is 0.253 e. The minimum absolute atomic E-state index is 0.0396. The van der Waals surface area contributed by atoms with Crippen molar-refractivity contribution in [3.05, 3.63) is 53.6 Å². The summed E-state index contributed by atoms with van der Waals surface area (Å²) in [5.41, 5.74) is 3.81. The first kappa shape index (κ1) is 17.6. The average Bonchev–Trinajstić information content (AvgIpc) is 3.35. The lowest BCUT2D eigenvalue weighted by molar-refractivity contribution is 0.0141. The SMILES string of the molecule is Cc1cnccc1N1C[C@@H]2[C@H](CNC(=O)c3cccnc3C)[C@H]3CC[C@]2(C1)O3. The van der Waals surface area contributed by atoms with Gasteiger partial charge in [-0.3, -0.25) is 14.8 Å². The van der Waals surface area contributed by atoms with E-state index in [1.807, 2.05) is 31.5 Å². The molecule has 3 aliphatic heterocycles. The Kier molecular flexibility index (Phi) is 4.12. The van der Waals surface area contributed by atoms with Crippen molar-refractivity contribution >= 4 is 11.6 Å². The molecule has 1 amide bonds. The fourth-order valence-corrected chi connectivity index (χ4v) is 5.50. The summed E-state index contributed by atoms with van der Waals surface area (Å²) in [7, 11) is 0. The number of ether oxygens (including phenoxy) is 1. The fraction of sp³-hybridized carbons (Fsp3) is 0.500. The zero-order valence-electron chi connectivity index (χ0n) is 16.4. The minimum atomic E-state index is -0.0556. The Hall–Kier alpha value is -2.47. The number of fused-ring (bicyclic) bond motifs is 1. The first-order valence-electron chi connectivity index (χ1n) is 10.1. The van der Waals surface area contributed by atoms with Crippen molar-refractivity contribution in [2.75, 3.05) is 24.5 Å². The molecule has 3 saturated heterocycles. The number of aromatic nitrogens is 2. The Labute approximate surface area is 165 Å². The molecular formula is C22H26N4O2. The van der Waals surface area contributed by atoms with Crippen LogP contribution < -0.4 is 10.2 Å². The number of nitrogens with zero attached hydrogens (tertiary/aromatic N) is 3. The first-order chi connectivity index (χ1) is 13.6. The van der Waals surface area contributed by atoms with Gasteiger partial charge in [-0.15, -0.1) is 0 Å². The second-order valence-corrected chi connectivity index (χ2v) is 8.42. The molecule has 146 valence electrons. The number of nitrogens with one attached hydrogen (secondary N) is 1. The van der Waals surface area contributed by atoms with Gasteiger partial charge < -0.3 is 15.0 Å². The van der Waals surface area contributed by atoms with Crippen LogP contribution in [0, 0.1) is 25.7 Å². The van der Waals surface area contributed by atoms with Crippen LogP contribution in [0.2, 0.25) is 0 Å². The standard InChI is InChI=1S/C22H26N4O2/c1-14-10-23-9-6-19(14)26-12-18-17(20-5-7-22(18,13-26)28-20)11-25-21(27)16-4-3-8-24-15(16)2/h3-4,6,8-10,17-18,20H,5,7,11-13H2,1-2H3,(H,25,27)/t17-,18+,20+,22+/m0/s1. The highest BCUT2D eigenvalue weighted by molar-refractivity contribution is 5.95. The van der Waals surface area contributed by atoms with Crippen molar-refractivity contribution in [2.24, 2.45) is 11.8 Å². The highest BCUT2D eigenvalue weighted by Crippen LogP contribution is 2.55. The lowest BCUT2D eigenvalue weighted by Gasteiger charge is -2.29. The number of aryl methyl sites for hydroxylation is 2. The van der Waals surface area contributed by atoms with Gasteiger partial charge in [-0.25, -0.2) is 0 Å². The third-order valence-electron chi connectivity index (χ3n) is 6.87. The summed E-state index contributed by atoms with van der Waals surface area (Å²) in [6.07, 6.45) is 7.98. The van der Waals surface area contributed by atoms with Crippen LogP contribution in [0.15, 0.2) is 36.8 Å². The van der Waals surface area contributed by atoms with Crippen molar-refractivity contribution in [3.63, 3.8) is 0 Å². The summed E-state index contributed by atoms with van der Waals surface area (Å²) in [6.45, 7) is 6.56. The normalized spacial score (nSPS) is 30.5. The molecule has 28 heavy (non-hydrogen) atoms. The maximum Gasteiger partial charge on any atom is 0.253 e. The average molecular weight is 378 g/mol. The van der Waals surface area contributed by atoms with Crippen molar-refractivity contribution in [1.82, 2.24) is 15.3 Å². The van der Waals surface area contributed by atoms with E-state index in [2.05, 4.69) is 33.2 Å². The van der Waals surface area contributed by atoms with Gasteiger partial charge in [-0.1, -0.05) is 0 Å². The zero-order chi connectivity index (χ0) is 19.3. The van der Waals surface area contributed by atoms with Crippen LogP contribution >= 0.6 is 0 Å². The lowest BCUT2D eigenvalue weighted by Crippen LogP contribution is -2.42. The minimum Gasteiger partial charge on any atom is -0.369 e. The van der Waals surface area contributed by atoms with E-state index < -0.39 is 0 Å². The third kappa shape index (κ3) is 2.70. The Balaban J connectivity index is 1.31. The molecule has 0 aromatic carbocycles. The molecule has 1 N–H and O–H groups in total. The second kappa shape index (κ2) is 6.55. The molecule has 2 aromatic rings. The van der Waals surface area contributed by atoms with Crippen LogP contribution in [0.4, 0.5) is 5.69 Å². The summed E-state index contributed by atoms with van der Waals surface area (Å²) in [6, 6.07) is 5.74. The van der Waals surface area contributed by atoms with Gasteiger partial charge in [0.1, 0.15) is 0 Å². The molecule has 0 saturated carbocycles. The molecule has 2 bridgehead atoms. The van der Waals surface area contributed by atoms with Crippen LogP contribution in [0.5, 0.6) is 0 Å². The van der Waals surface area contributed by atoms with Gasteiger partial charge >= 0.3 is 0 Å². The Morgan fingerprint density at radius 1 is 1.36 bits per heavy atom. The largest absolute Gasteiger partial charge is 0.369 e. The van der Waals surface area contributed by atoms with Crippen LogP contribution in [-0.4, -0.2) is 47.2 Å². The Bertz CT molecular complexity index is 917.